The monoisotopic (exact) mass is 274 g/mol. The van der Waals surface area contributed by atoms with Gasteiger partial charge in [0, 0.05) is 0 Å². The molecular weight excluding hydrogens is 252 g/mol. The third kappa shape index (κ3) is 5.20. The van der Waals surface area contributed by atoms with E-state index in [4.69, 9.17) is 4.42 Å². The van der Waals surface area contributed by atoms with Crippen LogP contribution in [0.2, 0.25) is 0 Å². The van der Waals surface area contributed by atoms with Crippen LogP contribution in [0.15, 0.2) is 16.5 Å². The molecule has 1 heterocycles. The van der Waals surface area contributed by atoms with Crippen LogP contribution >= 0.6 is 0 Å². The van der Waals surface area contributed by atoms with E-state index in [0.29, 0.717) is 18.7 Å². The van der Waals surface area contributed by atoms with E-state index in [2.05, 4.69) is 10.0 Å². The first-order valence-electron chi connectivity index (χ1n) is 6.21. The maximum Gasteiger partial charge on any atom is 0.212 e. The van der Waals surface area contributed by atoms with Crippen molar-refractivity contribution in [1.29, 1.82) is 0 Å². The van der Waals surface area contributed by atoms with Crippen molar-refractivity contribution in [2.75, 3.05) is 18.8 Å². The minimum atomic E-state index is -3.25. The average molecular weight is 274 g/mol. The molecule has 0 aliphatic carbocycles. The van der Waals surface area contributed by atoms with Crippen molar-refractivity contribution in [2.24, 2.45) is 0 Å². The molecule has 0 aromatic carbocycles. The predicted molar refractivity (Wildman–Crippen MR) is 71.9 cm³/mol. The maximum atomic E-state index is 11.8. The average Bonchev–Trinajstić information content (AvgIpc) is 2.71. The van der Waals surface area contributed by atoms with Gasteiger partial charge in [0.2, 0.25) is 10.0 Å². The molecule has 0 aliphatic heterocycles. The number of sulfonamides is 1. The van der Waals surface area contributed by atoms with Crippen LogP contribution in [0.3, 0.4) is 0 Å². The number of hydrogen-bond acceptors (Lipinski definition) is 4. The molecule has 0 spiro atoms. The molecule has 0 bridgehead atoms. The lowest BCUT2D eigenvalue weighted by Crippen LogP contribution is -2.30. The molecular formula is C12H22N2O3S. The highest BCUT2D eigenvalue weighted by Gasteiger charge is 2.17. The Bertz CT molecular complexity index is 454. The van der Waals surface area contributed by atoms with Crippen molar-refractivity contribution in [3.05, 3.63) is 23.7 Å². The zero-order valence-corrected chi connectivity index (χ0v) is 12.0. The predicted octanol–water partition coefficient (Wildman–Crippen LogP) is 1.57. The molecule has 1 aromatic rings. The summed E-state index contributed by atoms with van der Waals surface area (Å²) in [4.78, 5) is 0. The lowest BCUT2D eigenvalue weighted by atomic mass is 10.3. The van der Waals surface area contributed by atoms with Gasteiger partial charge in [0.15, 0.2) is 0 Å². The normalized spacial score (nSPS) is 13.7. The van der Waals surface area contributed by atoms with Gasteiger partial charge in [0.05, 0.1) is 11.8 Å². The zero-order chi connectivity index (χ0) is 13.6. The van der Waals surface area contributed by atoms with E-state index < -0.39 is 10.0 Å². The van der Waals surface area contributed by atoms with Gasteiger partial charge in [0.25, 0.3) is 0 Å². The summed E-state index contributed by atoms with van der Waals surface area (Å²) in [6.45, 7) is 7.18. The van der Waals surface area contributed by atoms with E-state index in [0.717, 1.165) is 12.3 Å². The number of furan rings is 1. The smallest absolute Gasteiger partial charge is 0.212 e. The first-order valence-corrected chi connectivity index (χ1v) is 7.87. The molecule has 0 radical (unpaired) electrons. The zero-order valence-electron chi connectivity index (χ0n) is 11.2. The molecule has 0 aliphatic rings. The van der Waals surface area contributed by atoms with Gasteiger partial charge in [-0.05, 0) is 45.5 Å². The van der Waals surface area contributed by atoms with E-state index in [-0.39, 0.29) is 11.8 Å². The van der Waals surface area contributed by atoms with Crippen molar-refractivity contribution in [3.63, 3.8) is 0 Å². The molecule has 0 saturated carbocycles. The van der Waals surface area contributed by atoms with Crippen molar-refractivity contribution < 1.29 is 12.8 Å². The molecule has 1 aromatic heterocycles. The van der Waals surface area contributed by atoms with Crippen LogP contribution in [0, 0.1) is 6.92 Å². The first-order chi connectivity index (χ1) is 8.44. The Labute approximate surface area is 109 Å². The Kier molecular flexibility index (Phi) is 5.84. The largest absolute Gasteiger partial charge is 0.465 e. The second-order valence-electron chi connectivity index (χ2n) is 4.31. The molecule has 1 rings (SSSR count). The van der Waals surface area contributed by atoms with Crippen molar-refractivity contribution in [1.82, 2.24) is 10.0 Å². The van der Waals surface area contributed by atoms with E-state index in [1.807, 2.05) is 19.9 Å². The summed E-state index contributed by atoms with van der Waals surface area (Å²) >= 11 is 0. The van der Waals surface area contributed by atoms with Gasteiger partial charge in [-0.3, -0.25) is 0 Å². The van der Waals surface area contributed by atoms with Crippen molar-refractivity contribution in [2.45, 2.75) is 33.2 Å². The fourth-order valence-corrected chi connectivity index (χ4v) is 2.93. The summed E-state index contributed by atoms with van der Waals surface area (Å²) in [7, 11) is -3.25. The van der Waals surface area contributed by atoms with Crippen LogP contribution in [0.25, 0.3) is 0 Å². The standard InChI is InChI=1S/C12H22N2O3S/c1-4-13-8-5-9-18(15,16)14-11(3)12-7-6-10(2)17-12/h6-7,11,13-14H,4-5,8-9H2,1-3H3. The highest BCUT2D eigenvalue weighted by Crippen LogP contribution is 2.16. The Morgan fingerprint density at radius 3 is 2.67 bits per heavy atom. The van der Waals surface area contributed by atoms with Crippen LogP contribution in [0.1, 0.15) is 37.8 Å². The van der Waals surface area contributed by atoms with Crippen LogP contribution in [-0.2, 0) is 10.0 Å². The Balaban J connectivity index is 2.44. The highest BCUT2D eigenvalue weighted by molar-refractivity contribution is 7.89. The summed E-state index contributed by atoms with van der Waals surface area (Å²) in [5.41, 5.74) is 0. The fraction of sp³-hybridized carbons (Fsp3) is 0.667. The molecule has 6 heteroatoms. The number of hydrogen-bond donors (Lipinski definition) is 2. The highest BCUT2D eigenvalue weighted by atomic mass is 32.2. The minimum Gasteiger partial charge on any atom is -0.465 e. The van der Waals surface area contributed by atoms with Gasteiger partial charge in [-0.25, -0.2) is 13.1 Å². The van der Waals surface area contributed by atoms with Gasteiger partial charge in [-0.1, -0.05) is 6.92 Å². The lowest BCUT2D eigenvalue weighted by Gasteiger charge is -2.12. The minimum absolute atomic E-state index is 0.129. The molecule has 1 atom stereocenters. The second-order valence-corrected chi connectivity index (χ2v) is 6.19. The van der Waals surface area contributed by atoms with Gasteiger partial charge >= 0.3 is 0 Å². The number of aryl methyl sites for hydroxylation is 1. The molecule has 18 heavy (non-hydrogen) atoms. The Morgan fingerprint density at radius 1 is 1.39 bits per heavy atom. The van der Waals surface area contributed by atoms with E-state index in [1.54, 1.807) is 13.0 Å². The van der Waals surface area contributed by atoms with Crippen LogP contribution < -0.4 is 10.0 Å². The molecule has 0 saturated heterocycles. The lowest BCUT2D eigenvalue weighted by molar-refractivity contribution is 0.441. The summed E-state index contributed by atoms with van der Waals surface area (Å²) in [6, 6.07) is 3.29. The number of nitrogens with one attached hydrogen (secondary N) is 2. The van der Waals surface area contributed by atoms with Gasteiger partial charge in [-0.2, -0.15) is 0 Å². The van der Waals surface area contributed by atoms with Crippen molar-refractivity contribution in [3.8, 4) is 0 Å². The van der Waals surface area contributed by atoms with Crippen molar-refractivity contribution >= 4 is 10.0 Å². The second kappa shape index (κ2) is 6.92. The van der Waals surface area contributed by atoms with E-state index in [1.165, 1.54) is 0 Å². The quantitative estimate of drug-likeness (QED) is 0.706. The topological polar surface area (TPSA) is 71.3 Å². The van der Waals surface area contributed by atoms with Gasteiger partial charge in [0.1, 0.15) is 11.5 Å². The Hall–Kier alpha value is -0.850. The van der Waals surface area contributed by atoms with E-state index in [9.17, 15) is 8.42 Å². The molecule has 2 N–H and O–H groups in total. The van der Waals surface area contributed by atoms with Crippen LogP contribution in [0.5, 0.6) is 0 Å². The summed E-state index contributed by atoms with van der Waals surface area (Å²) < 4.78 is 31.6. The summed E-state index contributed by atoms with van der Waals surface area (Å²) in [6.07, 6.45) is 0.604. The van der Waals surface area contributed by atoms with Gasteiger partial charge < -0.3 is 9.73 Å². The molecule has 5 nitrogen and oxygen atoms in total. The molecule has 1 unspecified atom stereocenters. The Morgan fingerprint density at radius 2 is 2.11 bits per heavy atom. The van der Waals surface area contributed by atoms with Gasteiger partial charge in [-0.15, -0.1) is 0 Å². The molecule has 104 valence electrons. The van der Waals surface area contributed by atoms with Crippen LogP contribution in [-0.4, -0.2) is 27.3 Å². The number of rotatable bonds is 8. The third-order valence-electron chi connectivity index (χ3n) is 2.56. The summed E-state index contributed by atoms with van der Waals surface area (Å²) in [5, 5.41) is 3.10. The maximum absolute atomic E-state index is 11.8. The molecule has 0 amide bonds. The fourth-order valence-electron chi connectivity index (χ4n) is 1.64. The molecule has 0 fully saturated rings. The van der Waals surface area contributed by atoms with E-state index >= 15 is 0 Å². The SMILES string of the molecule is CCNCCCS(=O)(=O)NC(C)c1ccc(C)o1. The summed E-state index contributed by atoms with van der Waals surface area (Å²) in [5.74, 6) is 1.55. The third-order valence-corrected chi connectivity index (χ3v) is 4.10. The first kappa shape index (κ1) is 15.2. The van der Waals surface area contributed by atoms with Crippen LogP contribution in [0.4, 0.5) is 0 Å².